The molecule has 90 valence electrons. The van der Waals surface area contributed by atoms with Crippen LogP contribution in [-0.2, 0) is 0 Å². The van der Waals surface area contributed by atoms with Gasteiger partial charge in [0.15, 0.2) is 0 Å². The van der Waals surface area contributed by atoms with Gasteiger partial charge in [0.25, 0.3) is 0 Å². The van der Waals surface area contributed by atoms with Gasteiger partial charge in [0.1, 0.15) is 5.82 Å². The summed E-state index contributed by atoms with van der Waals surface area (Å²) in [7, 11) is 1.90. The number of hydrogen-bond donors (Lipinski definition) is 1. The Labute approximate surface area is 101 Å². The van der Waals surface area contributed by atoms with Crippen molar-refractivity contribution in [3.63, 3.8) is 0 Å². The van der Waals surface area contributed by atoms with Crippen LogP contribution in [0.5, 0.6) is 0 Å². The van der Waals surface area contributed by atoms with E-state index in [1.54, 1.807) is 17.8 Å². The molecular weight excluding hydrogens is 223 g/mol. The van der Waals surface area contributed by atoms with Gasteiger partial charge in [0.05, 0.1) is 5.69 Å². The third kappa shape index (κ3) is 3.12. The molecule has 0 saturated heterocycles. The molecule has 0 aromatic heterocycles. The molecule has 0 fully saturated rings. The summed E-state index contributed by atoms with van der Waals surface area (Å²) in [6.45, 7) is 2.70. The first-order valence-electron chi connectivity index (χ1n) is 5.32. The fourth-order valence-electron chi connectivity index (χ4n) is 1.64. The van der Waals surface area contributed by atoms with Crippen molar-refractivity contribution in [3.8, 4) is 0 Å². The van der Waals surface area contributed by atoms with Crippen molar-refractivity contribution in [3.05, 3.63) is 29.6 Å². The van der Waals surface area contributed by atoms with E-state index in [2.05, 4.69) is 0 Å². The van der Waals surface area contributed by atoms with Crippen LogP contribution in [0.25, 0.3) is 0 Å². The van der Waals surface area contributed by atoms with E-state index in [0.29, 0.717) is 5.69 Å². The maximum absolute atomic E-state index is 13.8. The highest BCUT2D eigenvalue weighted by Gasteiger charge is 2.14. The van der Waals surface area contributed by atoms with Crippen LogP contribution in [0, 0.1) is 5.82 Å². The van der Waals surface area contributed by atoms with E-state index in [1.807, 2.05) is 31.2 Å². The van der Waals surface area contributed by atoms with Crippen LogP contribution >= 0.6 is 11.8 Å². The van der Waals surface area contributed by atoms with Crippen molar-refractivity contribution in [2.45, 2.75) is 13.0 Å². The molecule has 4 heteroatoms. The van der Waals surface area contributed by atoms with Crippen molar-refractivity contribution in [2.75, 3.05) is 30.5 Å². The Hall–Kier alpha value is -0.740. The van der Waals surface area contributed by atoms with Crippen LogP contribution < -0.4 is 10.6 Å². The molecule has 0 aliphatic heterocycles. The van der Waals surface area contributed by atoms with Crippen LogP contribution in [0.1, 0.15) is 18.5 Å². The summed E-state index contributed by atoms with van der Waals surface area (Å²) in [6.07, 6.45) is 2.04. The van der Waals surface area contributed by atoms with Gasteiger partial charge < -0.3 is 10.6 Å². The molecule has 0 bridgehead atoms. The molecule has 1 atom stereocenters. The second kappa shape index (κ2) is 6.11. The first-order valence-corrected chi connectivity index (χ1v) is 6.71. The van der Waals surface area contributed by atoms with Gasteiger partial charge in [-0.1, -0.05) is 12.1 Å². The van der Waals surface area contributed by atoms with E-state index >= 15 is 0 Å². The van der Waals surface area contributed by atoms with Crippen molar-refractivity contribution in [2.24, 2.45) is 5.73 Å². The number of rotatable bonds is 5. The van der Waals surface area contributed by atoms with Crippen molar-refractivity contribution < 1.29 is 4.39 Å². The molecule has 0 aliphatic carbocycles. The number of nitrogens with two attached hydrogens (primary N) is 1. The van der Waals surface area contributed by atoms with E-state index in [1.165, 1.54) is 6.07 Å². The lowest BCUT2D eigenvalue weighted by Crippen LogP contribution is -2.24. The first kappa shape index (κ1) is 13.3. The topological polar surface area (TPSA) is 29.3 Å². The SMILES string of the molecule is CSCCN(C)c1c(F)cccc1[C@@H](C)N. The van der Waals surface area contributed by atoms with E-state index in [-0.39, 0.29) is 11.9 Å². The summed E-state index contributed by atoms with van der Waals surface area (Å²) in [5, 5.41) is 0. The van der Waals surface area contributed by atoms with E-state index in [9.17, 15) is 4.39 Å². The molecule has 0 heterocycles. The van der Waals surface area contributed by atoms with Gasteiger partial charge in [-0.05, 0) is 24.8 Å². The highest BCUT2D eigenvalue weighted by molar-refractivity contribution is 7.98. The van der Waals surface area contributed by atoms with Crippen LogP contribution in [0.2, 0.25) is 0 Å². The Kier molecular flexibility index (Phi) is 5.09. The largest absolute Gasteiger partial charge is 0.371 e. The van der Waals surface area contributed by atoms with Crippen molar-refractivity contribution >= 4 is 17.4 Å². The average Bonchev–Trinajstić information content (AvgIpc) is 2.25. The zero-order chi connectivity index (χ0) is 12.1. The summed E-state index contributed by atoms with van der Waals surface area (Å²) in [5.41, 5.74) is 7.35. The molecule has 0 radical (unpaired) electrons. The highest BCUT2D eigenvalue weighted by atomic mass is 32.2. The van der Waals surface area contributed by atoms with Crippen molar-refractivity contribution in [1.29, 1.82) is 0 Å². The van der Waals surface area contributed by atoms with Crippen LogP contribution in [0.4, 0.5) is 10.1 Å². The number of halogens is 1. The summed E-state index contributed by atoms with van der Waals surface area (Å²) in [5.74, 6) is 0.780. The lowest BCUT2D eigenvalue weighted by Gasteiger charge is -2.24. The molecule has 2 N–H and O–H groups in total. The number of anilines is 1. The predicted molar refractivity (Wildman–Crippen MR) is 70.7 cm³/mol. The summed E-state index contributed by atoms with van der Waals surface area (Å²) >= 11 is 1.75. The quantitative estimate of drug-likeness (QED) is 0.860. The summed E-state index contributed by atoms with van der Waals surface area (Å²) < 4.78 is 13.8. The second-order valence-corrected chi connectivity index (χ2v) is 4.87. The minimum absolute atomic E-state index is 0.151. The molecule has 0 saturated carbocycles. The number of para-hydroxylation sites is 1. The van der Waals surface area contributed by atoms with Crippen molar-refractivity contribution in [1.82, 2.24) is 0 Å². The zero-order valence-electron chi connectivity index (χ0n) is 10.0. The Morgan fingerprint density at radius 1 is 1.50 bits per heavy atom. The van der Waals surface area contributed by atoms with Crippen LogP contribution in [0.3, 0.4) is 0 Å². The normalized spacial score (nSPS) is 12.6. The van der Waals surface area contributed by atoms with Gasteiger partial charge in [-0.3, -0.25) is 0 Å². The van der Waals surface area contributed by atoms with E-state index in [0.717, 1.165) is 17.9 Å². The van der Waals surface area contributed by atoms with Gasteiger partial charge in [0.2, 0.25) is 0 Å². The maximum atomic E-state index is 13.8. The predicted octanol–water partition coefficient (Wildman–Crippen LogP) is 2.64. The molecule has 1 aromatic carbocycles. The minimum Gasteiger partial charge on any atom is -0.371 e. The average molecular weight is 242 g/mol. The van der Waals surface area contributed by atoms with Gasteiger partial charge in [-0.2, -0.15) is 11.8 Å². The zero-order valence-corrected chi connectivity index (χ0v) is 10.9. The Bertz CT molecular complexity index is 342. The number of thioether (sulfide) groups is 1. The van der Waals surface area contributed by atoms with Gasteiger partial charge in [0, 0.05) is 25.4 Å². The van der Waals surface area contributed by atoms with E-state index < -0.39 is 0 Å². The molecule has 16 heavy (non-hydrogen) atoms. The molecular formula is C12H19FN2S. The second-order valence-electron chi connectivity index (χ2n) is 3.88. The fraction of sp³-hybridized carbons (Fsp3) is 0.500. The summed E-state index contributed by atoms with van der Waals surface area (Å²) in [4.78, 5) is 1.94. The minimum atomic E-state index is -0.196. The standard InChI is InChI=1S/C12H19FN2S/c1-9(14)10-5-4-6-11(13)12(10)15(2)7-8-16-3/h4-6,9H,7-8,14H2,1-3H3/t9-/m1/s1. The lowest BCUT2D eigenvalue weighted by molar-refractivity contribution is 0.618. The molecule has 1 rings (SSSR count). The number of benzene rings is 1. The Morgan fingerprint density at radius 3 is 2.75 bits per heavy atom. The first-order chi connectivity index (χ1) is 7.57. The smallest absolute Gasteiger partial charge is 0.146 e. The van der Waals surface area contributed by atoms with Gasteiger partial charge in [-0.25, -0.2) is 4.39 Å². The molecule has 2 nitrogen and oxygen atoms in total. The molecule has 0 aliphatic rings. The van der Waals surface area contributed by atoms with E-state index in [4.69, 9.17) is 5.73 Å². The maximum Gasteiger partial charge on any atom is 0.146 e. The van der Waals surface area contributed by atoms with Crippen LogP contribution in [-0.4, -0.2) is 25.6 Å². The Balaban J connectivity index is 3.00. The number of hydrogen-bond acceptors (Lipinski definition) is 3. The van der Waals surface area contributed by atoms with Crippen LogP contribution in [0.15, 0.2) is 18.2 Å². The van der Waals surface area contributed by atoms with Gasteiger partial charge >= 0.3 is 0 Å². The Morgan fingerprint density at radius 2 is 2.19 bits per heavy atom. The lowest BCUT2D eigenvalue weighted by atomic mass is 10.1. The molecule has 0 spiro atoms. The molecule has 1 aromatic rings. The third-order valence-corrected chi connectivity index (χ3v) is 3.11. The van der Waals surface area contributed by atoms with Gasteiger partial charge in [-0.15, -0.1) is 0 Å². The fourth-order valence-corrected chi connectivity index (χ4v) is 2.10. The number of nitrogens with zero attached hydrogens (tertiary/aromatic N) is 1. The summed E-state index contributed by atoms with van der Waals surface area (Å²) in [6, 6.07) is 4.93. The monoisotopic (exact) mass is 242 g/mol. The third-order valence-electron chi connectivity index (χ3n) is 2.52. The molecule has 0 amide bonds. The molecule has 0 unspecified atom stereocenters. The highest BCUT2D eigenvalue weighted by Crippen LogP contribution is 2.27.